The van der Waals surface area contributed by atoms with Gasteiger partial charge in [0.15, 0.2) is 0 Å². The number of hydrogen-bond donors (Lipinski definition) is 2. The van der Waals surface area contributed by atoms with E-state index in [1.54, 1.807) is 6.92 Å². The summed E-state index contributed by atoms with van der Waals surface area (Å²) >= 11 is 0. The molecule has 6 heteroatoms. The van der Waals surface area contributed by atoms with Gasteiger partial charge >= 0.3 is 11.9 Å². The summed E-state index contributed by atoms with van der Waals surface area (Å²) in [6, 6.07) is 0. The van der Waals surface area contributed by atoms with Crippen LogP contribution in [0.15, 0.2) is 0 Å². The van der Waals surface area contributed by atoms with Crippen molar-refractivity contribution in [1.29, 1.82) is 0 Å². The van der Waals surface area contributed by atoms with Gasteiger partial charge in [-0.15, -0.1) is 0 Å². The molecule has 0 rings (SSSR count). The van der Waals surface area contributed by atoms with Gasteiger partial charge in [0.2, 0.25) is 5.91 Å². The van der Waals surface area contributed by atoms with Gasteiger partial charge in [-0.1, -0.05) is 0 Å². The summed E-state index contributed by atoms with van der Waals surface area (Å²) in [5.74, 6) is -1.95. The molecular weight excluding hydrogens is 188 g/mol. The summed E-state index contributed by atoms with van der Waals surface area (Å²) in [6.07, 6.45) is 0.141. The molecule has 0 saturated carbocycles. The number of hydrogen-bond acceptors (Lipinski definition) is 4. The van der Waals surface area contributed by atoms with Crippen LogP contribution < -0.4 is 10.6 Å². The monoisotopic (exact) mass is 202 g/mol. The molecule has 0 bridgehead atoms. The highest BCUT2D eigenvalue weighted by Gasteiger charge is 2.13. The zero-order chi connectivity index (χ0) is 11.0. The zero-order valence-electron chi connectivity index (χ0n) is 8.25. The summed E-state index contributed by atoms with van der Waals surface area (Å²) in [5.41, 5.74) is 0. The number of amides is 2. The number of nitrogens with one attached hydrogen (secondary N) is 2. The fourth-order valence-electron chi connectivity index (χ4n) is 0.683. The second kappa shape index (κ2) is 6.88. The van der Waals surface area contributed by atoms with Crippen molar-refractivity contribution in [2.24, 2.45) is 0 Å². The summed E-state index contributed by atoms with van der Waals surface area (Å²) in [4.78, 5) is 32.3. The third-order valence-electron chi connectivity index (χ3n) is 1.38. The van der Waals surface area contributed by atoms with E-state index in [-0.39, 0.29) is 25.5 Å². The quantitative estimate of drug-likeness (QED) is 0.443. The van der Waals surface area contributed by atoms with Crippen LogP contribution in [-0.4, -0.2) is 38.0 Å². The molecule has 0 aliphatic rings. The Hall–Kier alpha value is -1.59. The van der Waals surface area contributed by atoms with Crippen LogP contribution in [0.5, 0.6) is 0 Å². The van der Waals surface area contributed by atoms with Crippen molar-refractivity contribution in [3.05, 3.63) is 0 Å². The summed E-state index contributed by atoms with van der Waals surface area (Å²) in [7, 11) is 1.50. The van der Waals surface area contributed by atoms with Gasteiger partial charge in [-0.2, -0.15) is 0 Å². The molecule has 0 atom stereocenters. The molecule has 0 aliphatic heterocycles. The topological polar surface area (TPSA) is 84.5 Å². The first-order valence-electron chi connectivity index (χ1n) is 4.27. The smallest absolute Gasteiger partial charge is 0.396 e. The minimum atomic E-state index is -0.926. The maximum absolute atomic E-state index is 10.9. The van der Waals surface area contributed by atoms with Gasteiger partial charge in [0.05, 0.1) is 6.61 Å². The Labute approximate surface area is 82.0 Å². The molecule has 80 valence electrons. The first-order valence-corrected chi connectivity index (χ1v) is 4.27. The van der Waals surface area contributed by atoms with E-state index in [0.29, 0.717) is 0 Å². The number of rotatable bonds is 4. The minimum Gasteiger partial charge on any atom is -0.459 e. The normalized spacial score (nSPS) is 9.00. The van der Waals surface area contributed by atoms with Crippen molar-refractivity contribution in [2.75, 3.05) is 20.2 Å². The highest BCUT2D eigenvalue weighted by molar-refractivity contribution is 6.32. The van der Waals surface area contributed by atoms with Gasteiger partial charge in [-0.05, 0) is 6.92 Å². The third-order valence-corrected chi connectivity index (χ3v) is 1.38. The van der Waals surface area contributed by atoms with Gasteiger partial charge in [0, 0.05) is 20.0 Å². The third kappa shape index (κ3) is 5.13. The van der Waals surface area contributed by atoms with Crippen molar-refractivity contribution < 1.29 is 19.1 Å². The summed E-state index contributed by atoms with van der Waals surface area (Å²) in [6.45, 7) is 1.88. The Balaban J connectivity index is 3.63. The van der Waals surface area contributed by atoms with Crippen LogP contribution in [0.2, 0.25) is 0 Å². The lowest BCUT2D eigenvalue weighted by Gasteiger charge is -2.03. The van der Waals surface area contributed by atoms with Crippen LogP contribution in [0, 0.1) is 0 Å². The van der Waals surface area contributed by atoms with Crippen molar-refractivity contribution in [3.8, 4) is 0 Å². The standard InChI is InChI=1S/C8H14N2O4/c1-3-14-8(13)7(12)10-5-4-6(11)9-2/h3-5H2,1-2H3,(H,9,11)(H,10,12). The van der Waals surface area contributed by atoms with Crippen molar-refractivity contribution in [2.45, 2.75) is 13.3 Å². The van der Waals surface area contributed by atoms with E-state index in [2.05, 4.69) is 15.4 Å². The Morgan fingerprint density at radius 2 is 1.93 bits per heavy atom. The van der Waals surface area contributed by atoms with Crippen LogP contribution in [0.4, 0.5) is 0 Å². The predicted octanol–water partition coefficient (Wildman–Crippen LogP) is -1.20. The number of ether oxygens (including phenoxy) is 1. The molecule has 2 amide bonds. The second-order valence-electron chi connectivity index (χ2n) is 2.40. The van der Waals surface area contributed by atoms with Gasteiger partial charge in [0.1, 0.15) is 0 Å². The van der Waals surface area contributed by atoms with Gasteiger partial charge in [-0.25, -0.2) is 4.79 Å². The lowest BCUT2D eigenvalue weighted by molar-refractivity contribution is -0.154. The van der Waals surface area contributed by atoms with Crippen LogP contribution in [-0.2, 0) is 19.1 Å². The van der Waals surface area contributed by atoms with Gasteiger partial charge < -0.3 is 15.4 Å². The predicted molar refractivity (Wildman–Crippen MR) is 48.3 cm³/mol. The second-order valence-corrected chi connectivity index (χ2v) is 2.40. The first kappa shape index (κ1) is 12.4. The SMILES string of the molecule is CCOC(=O)C(=O)NCCC(=O)NC. The van der Waals surface area contributed by atoms with Crippen LogP contribution in [0.1, 0.15) is 13.3 Å². The van der Waals surface area contributed by atoms with Crippen LogP contribution in [0.25, 0.3) is 0 Å². The molecule has 6 nitrogen and oxygen atoms in total. The lowest BCUT2D eigenvalue weighted by atomic mass is 10.4. The van der Waals surface area contributed by atoms with E-state index >= 15 is 0 Å². The van der Waals surface area contributed by atoms with E-state index in [4.69, 9.17) is 0 Å². The maximum atomic E-state index is 10.9. The minimum absolute atomic E-state index is 0.122. The molecule has 0 heterocycles. The van der Waals surface area contributed by atoms with Gasteiger partial charge in [0.25, 0.3) is 0 Å². The average Bonchev–Trinajstić information content (AvgIpc) is 2.17. The maximum Gasteiger partial charge on any atom is 0.396 e. The molecule has 14 heavy (non-hydrogen) atoms. The van der Waals surface area contributed by atoms with E-state index in [1.165, 1.54) is 7.05 Å². The summed E-state index contributed by atoms with van der Waals surface area (Å²) in [5, 5.41) is 4.64. The molecule has 0 aliphatic carbocycles. The fraction of sp³-hybridized carbons (Fsp3) is 0.625. The van der Waals surface area contributed by atoms with Crippen LogP contribution in [0.3, 0.4) is 0 Å². The zero-order valence-corrected chi connectivity index (χ0v) is 8.25. The molecule has 0 aromatic rings. The highest BCUT2D eigenvalue weighted by Crippen LogP contribution is 1.80. The van der Waals surface area contributed by atoms with Gasteiger partial charge in [-0.3, -0.25) is 9.59 Å². The van der Waals surface area contributed by atoms with Crippen molar-refractivity contribution in [1.82, 2.24) is 10.6 Å². The van der Waals surface area contributed by atoms with Crippen molar-refractivity contribution in [3.63, 3.8) is 0 Å². The number of carbonyl (C=O) groups is 3. The molecule has 0 aromatic heterocycles. The first-order chi connectivity index (χ1) is 6.61. The largest absolute Gasteiger partial charge is 0.459 e. The molecule has 0 spiro atoms. The molecular formula is C8H14N2O4. The Kier molecular flexibility index (Phi) is 6.09. The molecule has 0 radical (unpaired) electrons. The number of esters is 1. The van der Waals surface area contributed by atoms with E-state index < -0.39 is 11.9 Å². The lowest BCUT2D eigenvalue weighted by Crippen LogP contribution is -2.35. The molecule has 2 N–H and O–H groups in total. The molecule has 0 aromatic carbocycles. The van der Waals surface area contributed by atoms with E-state index in [9.17, 15) is 14.4 Å². The number of carbonyl (C=O) groups excluding carboxylic acids is 3. The fourth-order valence-corrected chi connectivity index (χ4v) is 0.683. The Bertz CT molecular complexity index is 227. The molecule has 0 saturated heterocycles. The Morgan fingerprint density at radius 3 is 2.43 bits per heavy atom. The van der Waals surface area contributed by atoms with E-state index in [1.807, 2.05) is 0 Å². The van der Waals surface area contributed by atoms with E-state index in [0.717, 1.165) is 0 Å². The van der Waals surface area contributed by atoms with Crippen LogP contribution >= 0.6 is 0 Å². The Morgan fingerprint density at radius 1 is 1.29 bits per heavy atom. The summed E-state index contributed by atoms with van der Waals surface area (Å²) < 4.78 is 4.44. The average molecular weight is 202 g/mol. The molecule has 0 fully saturated rings. The molecule has 0 unspecified atom stereocenters. The van der Waals surface area contributed by atoms with Crippen molar-refractivity contribution >= 4 is 17.8 Å². The highest BCUT2D eigenvalue weighted by atomic mass is 16.5.